The Labute approximate surface area is 158 Å². The summed E-state index contributed by atoms with van der Waals surface area (Å²) in [6, 6.07) is 1.38. The third-order valence-corrected chi connectivity index (χ3v) is 3.22. The first-order valence-electron chi connectivity index (χ1n) is 8.84. The summed E-state index contributed by atoms with van der Waals surface area (Å²) in [4.78, 5) is 38.1. The molecule has 0 atom stereocenters. The number of rotatable bonds is 11. The average Bonchev–Trinajstić information content (AvgIpc) is 2.60. The average molecular weight is 382 g/mol. The molecule has 9 nitrogen and oxygen atoms in total. The summed E-state index contributed by atoms with van der Waals surface area (Å²) in [5, 5.41) is 10.6. The van der Waals surface area contributed by atoms with Crippen molar-refractivity contribution in [2.75, 3.05) is 13.2 Å². The number of esters is 1. The van der Waals surface area contributed by atoms with Gasteiger partial charge in [0.1, 0.15) is 6.54 Å². The smallest absolute Gasteiger partial charge is 0.414 e. The molecule has 0 saturated carbocycles. The number of aromatic nitrogens is 1. The SMILES string of the molecule is CCCCCCOC(=O)c1cnc(OC(=O)NCC(=O)O)c(OC(C)C)c1. The number of carboxylic acid groups (broad SMARTS) is 1. The van der Waals surface area contributed by atoms with Crippen LogP contribution in [0.15, 0.2) is 12.3 Å². The van der Waals surface area contributed by atoms with Crippen molar-refractivity contribution in [3.63, 3.8) is 0 Å². The summed E-state index contributed by atoms with van der Waals surface area (Å²) in [6.45, 7) is 5.33. The van der Waals surface area contributed by atoms with E-state index in [-0.39, 0.29) is 23.3 Å². The van der Waals surface area contributed by atoms with Gasteiger partial charge in [-0.1, -0.05) is 26.2 Å². The van der Waals surface area contributed by atoms with Crippen molar-refractivity contribution in [1.29, 1.82) is 0 Å². The number of hydrogen-bond donors (Lipinski definition) is 2. The van der Waals surface area contributed by atoms with E-state index in [0.29, 0.717) is 6.61 Å². The molecule has 0 radical (unpaired) electrons. The molecule has 0 fully saturated rings. The lowest BCUT2D eigenvalue weighted by Crippen LogP contribution is -2.32. The highest BCUT2D eigenvalue weighted by Gasteiger charge is 2.18. The number of carboxylic acids is 1. The predicted molar refractivity (Wildman–Crippen MR) is 96.1 cm³/mol. The minimum absolute atomic E-state index is 0.0795. The fourth-order valence-corrected chi connectivity index (χ4v) is 2.01. The van der Waals surface area contributed by atoms with Crippen LogP contribution in [0.5, 0.6) is 11.6 Å². The molecule has 0 aliphatic rings. The number of amides is 1. The second kappa shape index (κ2) is 11.7. The predicted octanol–water partition coefficient (Wildman–Crippen LogP) is 2.78. The Morgan fingerprint density at radius 2 is 1.96 bits per heavy atom. The van der Waals surface area contributed by atoms with E-state index < -0.39 is 24.6 Å². The number of ether oxygens (including phenoxy) is 3. The Morgan fingerprint density at radius 1 is 1.22 bits per heavy atom. The number of aliphatic carboxylic acids is 1. The van der Waals surface area contributed by atoms with Crippen molar-refractivity contribution in [2.24, 2.45) is 0 Å². The molecule has 1 amide bonds. The van der Waals surface area contributed by atoms with E-state index in [1.165, 1.54) is 12.3 Å². The molecule has 9 heteroatoms. The van der Waals surface area contributed by atoms with Crippen molar-refractivity contribution in [2.45, 2.75) is 52.6 Å². The molecule has 0 unspecified atom stereocenters. The largest absolute Gasteiger partial charge is 0.485 e. The summed E-state index contributed by atoms with van der Waals surface area (Å²) in [5.74, 6) is -1.85. The molecule has 150 valence electrons. The van der Waals surface area contributed by atoms with Crippen LogP contribution >= 0.6 is 0 Å². The van der Waals surface area contributed by atoms with E-state index in [1.807, 2.05) is 5.32 Å². The number of unbranched alkanes of at least 4 members (excludes halogenated alkanes) is 3. The lowest BCUT2D eigenvalue weighted by atomic mass is 10.2. The second-order valence-electron chi connectivity index (χ2n) is 6.03. The van der Waals surface area contributed by atoms with Crippen molar-refractivity contribution >= 4 is 18.0 Å². The Hall–Kier alpha value is -2.84. The van der Waals surface area contributed by atoms with Gasteiger partial charge in [0.05, 0.1) is 18.3 Å². The highest BCUT2D eigenvalue weighted by atomic mass is 16.6. The van der Waals surface area contributed by atoms with E-state index in [0.717, 1.165) is 25.7 Å². The minimum Gasteiger partial charge on any atom is -0.485 e. The van der Waals surface area contributed by atoms with Crippen molar-refractivity contribution in [1.82, 2.24) is 10.3 Å². The van der Waals surface area contributed by atoms with Gasteiger partial charge in [0.15, 0.2) is 5.75 Å². The molecule has 27 heavy (non-hydrogen) atoms. The zero-order chi connectivity index (χ0) is 20.2. The first-order valence-corrected chi connectivity index (χ1v) is 8.84. The zero-order valence-electron chi connectivity index (χ0n) is 15.8. The molecule has 0 aliphatic heterocycles. The Balaban J connectivity index is 2.77. The molecule has 0 saturated heterocycles. The number of carbonyl (C=O) groups excluding carboxylic acids is 2. The zero-order valence-corrected chi connectivity index (χ0v) is 15.8. The fourth-order valence-electron chi connectivity index (χ4n) is 2.01. The van der Waals surface area contributed by atoms with Gasteiger partial charge in [0.2, 0.25) is 0 Å². The third kappa shape index (κ3) is 8.89. The van der Waals surface area contributed by atoms with Crippen LogP contribution in [0, 0.1) is 0 Å². The summed E-state index contributed by atoms with van der Waals surface area (Å²) >= 11 is 0. The maximum absolute atomic E-state index is 12.1. The fraction of sp³-hybridized carbons (Fsp3) is 0.556. The Bertz CT molecular complexity index is 647. The van der Waals surface area contributed by atoms with Crippen molar-refractivity contribution < 1.29 is 33.7 Å². The molecular formula is C18H26N2O7. The van der Waals surface area contributed by atoms with Gasteiger partial charge in [-0.2, -0.15) is 0 Å². The molecule has 0 spiro atoms. The van der Waals surface area contributed by atoms with Gasteiger partial charge in [0.25, 0.3) is 5.88 Å². The topological polar surface area (TPSA) is 124 Å². The van der Waals surface area contributed by atoms with Crippen LogP contribution in [0.1, 0.15) is 56.8 Å². The normalized spacial score (nSPS) is 10.4. The maximum atomic E-state index is 12.1. The van der Waals surface area contributed by atoms with Gasteiger partial charge < -0.3 is 24.6 Å². The summed E-state index contributed by atoms with van der Waals surface area (Å²) in [6.07, 6.45) is 3.90. The standard InChI is InChI=1S/C18H26N2O7/c1-4-5-6-7-8-25-17(23)13-9-14(26-12(2)3)16(19-10-13)27-18(24)20-11-15(21)22/h9-10,12H,4-8,11H2,1-3H3,(H,20,24)(H,21,22). The second-order valence-corrected chi connectivity index (χ2v) is 6.03. The lowest BCUT2D eigenvalue weighted by Gasteiger charge is -2.14. The van der Waals surface area contributed by atoms with Crippen molar-refractivity contribution in [3.05, 3.63) is 17.8 Å². The van der Waals surface area contributed by atoms with Gasteiger partial charge in [0, 0.05) is 12.3 Å². The van der Waals surface area contributed by atoms with Crippen LogP contribution in [0.3, 0.4) is 0 Å². The highest BCUT2D eigenvalue weighted by Crippen LogP contribution is 2.27. The van der Waals surface area contributed by atoms with Crippen LogP contribution in [0.25, 0.3) is 0 Å². The van der Waals surface area contributed by atoms with E-state index in [4.69, 9.17) is 19.3 Å². The summed E-state index contributed by atoms with van der Waals surface area (Å²) in [7, 11) is 0. The highest BCUT2D eigenvalue weighted by molar-refractivity contribution is 5.89. The van der Waals surface area contributed by atoms with Crippen LogP contribution in [0.4, 0.5) is 4.79 Å². The molecule has 1 aromatic rings. The monoisotopic (exact) mass is 382 g/mol. The molecule has 1 heterocycles. The number of hydrogen-bond acceptors (Lipinski definition) is 7. The van der Waals surface area contributed by atoms with E-state index in [9.17, 15) is 14.4 Å². The molecule has 0 bridgehead atoms. The van der Waals surface area contributed by atoms with E-state index in [1.54, 1.807) is 13.8 Å². The molecule has 1 rings (SSSR count). The van der Waals surface area contributed by atoms with Crippen LogP contribution in [0.2, 0.25) is 0 Å². The minimum atomic E-state index is -1.21. The van der Waals surface area contributed by atoms with Gasteiger partial charge in [-0.3, -0.25) is 4.79 Å². The van der Waals surface area contributed by atoms with Crippen molar-refractivity contribution in [3.8, 4) is 11.6 Å². The first-order chi connectivity index (χ1) is 12.8. The lowest BCUT2D eigenvalue weighted by molar-refractivity contribution is -0.135. The first kappa shape index (κ1) is 22.2. The van der Waals surface area contributed by atoms with Gasteiger partial charge in [-0.05, 0) is 20.3 Å². The van der Waals surface area contributed by atoms with Crippen LogP contribution in [-0.2, 0) is 9.53 Å². The molecule has 1 aromatic heterocycles. The number of pyridine rings is 1. The molecule has 2 N–H and O–H groups in total. The summed E-state index contributed by atoms with van der Waals surface area (Å²) < 4.78 is 15.7. The molecule has 0 aromatic carbocycles. The number of nitrogens with one attached hydrogen (secondary N) is 1. The maximum Gasteiger partial charge on any atom is 0.414 e. The van der Waals surface area contributed by atoms with Gasteiger partial charge in [-0.25, -0.2) is 14.6 Å². The van der Waals surface area contributed by atoms with Crippen LogP contribution < -0.4 is 14.8 Å². The number of carbonyl (C=O) groups is 3. The van der Waals surface area contributed by atoms with E-state index in [2.05, 4.69) is 11.9 Å². The van der Waals surface area contributed by atoms with Gasteiger partial charge >= 0.3 is 18.0 Å². The third-order valence-electron chi connectivity index (χ3n) is 3.22. The molecular weight excluding hydrogens is 356 g/mol. The van der Waals surface area contributed by atoms with E-state index >= 15 is 0 Å². The summed E-state index contributed by atoms with van der Waals surface area (Å²) in [5.41, 5.74) is 0.166. The van der Waals surface area contributed by atoms with Gasteiger partial charge in [-0.15, -0.1) is 0 Å². The molecule has 0 aliphatic carbocycles. The number of nitrogens with zero attached hydrogens (tertiary/aromatic N) is 1. The van der Waals surface area contributed by atoms with Crippen LogP contribution in [-0.4, -0.2) is 47.4 Å². The Morgan fingerprint density at radius 3 is 2.59 bits per heavy atom. The Kier molecular flexibility index (Phi) is 9.63. The quantitative estimate of drug-likeness (QED) is 0.442.